The van der Waals surface area contributed by atoms with Gasteiger partial charge in [-0.3, -0.25) is 20.2 Å². The number of hydrogen-bond acceptors (Lipinski definition) is 8. The van der Waals surface area contributed by atoms with Crippen LogP contribution in [0.1, 0.15) is 6.92 Å². The van der Waals surface area contributed by atoms with Gasteiger partial charge in [0.2, 0.25) is 11.7 Å². The summed E-state index contributed by atoms with van der Waals surface area (Å²) in [5.41, 5.74) is 4.78. The highest BCUT2D eigenvalue weighted by atomic mass is 16.6. The number of ether oxygens (including phenoxy) is 1. The number of nitrogen functional groups attached to an aromatic ring is 1. The van der Waals surface area contributed by atoms with Crippen LogP contribution in [0.2, 0.25) is 0 Å². The van der Waals surface area contributed by atoms with Crippen LogP contribution in [0.4, 0.5) is 27.8 Å². The minimum Gasteiger partial charge on any atom is -0.465 e. The third-order valence-electron chi connectivity index (χ3n) is 2.59. The van der Waals surface area contributed by atoms with E-state index < -0.39 is 34.5 Å². The summed E-state index contributed by atoms with van der Waals surface area (Å²) in [6.45, 7) is 1.42. The molecule has 1 rings (SSSR count). The van der Waals surface area contributed by atoms with Crippen molar-refractivity contribution in [2.45, 2.75) is 13.0 Å². The molecule has 1 aromatic heterocycles. The largest absolute Gasteiger partial charge is 0.465 e. The van der Waals surface area contributed by atoms with E-state index in [9.17, 15) is 19.7 Å². The molecule has 12 nitrogen and oxygen atoms in total. The van der Waals surface area contributed by atoms with Gasteiger partial charge in [-0.2, -0.15) is 0 Å². The van der Waals surface area contributed by atoms with E-state index in [2.05, 4.69) is 20.4 Å². The van der Waals surface area contributed by atoms with E-state index in [-0.39, 0.29) is 18.2 Å². The van der Waals surface area contributed by atoms with Crippen molar-refractivity contribution in [1.82, 2.24) is 10.3 Å². The van der Waals surface area contributed by atoms with E-state index in [1.807, 2.05) is 5.32 Å². The molecule has 0 fully saturated rings. The molecule has 0 saturated carbocycles. The number of aromatic nitrogens is 1. The summed E-state index contributed by atoms with van der Waals surface area (Å²) in [5.74, 6) is -1.19. The number of carboxylic acid groups (broad SMARTS) is 1. The van der Waals surface area contributed by atoms with Gasteiger partial charge in [-0.15, -0.1) is 0 Å². The van der Waals surface area contributed by atoms with Gasteiger partial charge in [-0.05, 0) is 6.92 Å². The monoisotopic (exact) mass is 328 g/mol. The van der Waals surface area contributed by atoms with Crippen LogP contribution >= 0.6 is 0 Å². The van der Waals surface area contributed by atoms with Crippen LogP contribution in [-0.2, 0) is 9.53 Å². The zero-order valence-corrected chi connectivity index (χ0v) is 12.3. The number of carbonyl (C=O) groups is 2. The van der Waals surface area contributed by atoms with Gasteiger partial charge in [0.05, 0.1) is 4.92 Å². The highest BCUT2D eigenvalue weighted by Gasteiger charge is 2.24. The Bertz CT molecular complexity index is 621. The van der Waals surface area contributed by atoms with Crippen molar-refractivity contribution in [3.8, 4) is 0 Å². The normalized spacial score (nSPS) is 11.4. The first-order chi connectivity index (χ1) is 10.8. The number of nitrogens with zero attached hydrogens (tertiary/aromatic N) is 2. The molecule has 0 radical (unpaired) electrons. The molecule has 0 unspecified atom stereocenters. The smallest absolute Gasteiger partial charge is 0.410 e. The third kappa shape index (κ3) is 4.96. The van der Waals surface area contributed by atoms with Crippen molar-refractivity contribution in [1.29, 1.82) is 0 Å². The van der Waals surface area contributed by atoms with Crippen LogP contribution in [0.25, 0.3) is 0 Å². The molecule has 2 amide bonds. The van der Waals surface area contributed by atoms with E-state index in [0.29, 0.717) is 0 Å². The van der Waals surface area contributed by atoms with Crippen molar-refractivity contribution in [2.24, 2.45) is 0 Å². The molecule has 1 heterocycles. The van der Waals surface area contributed by atoms with Crippen LogP contribution in [0.3, 0.4) is 0 Å². The van der Waals surface area contributed by atoms with E-state index in [1.54, 1.807) is 0 Å². The number of pyridine rings is 1. The molecule has 0 spiro atoms. The van der Waals surface area contributed by atoms with Crippen molar-refractivity contribution >= 4 is 35.0 Å². The topological polar surface area (TPSA) is 182 Å². The fraction of sp³-hybridized carbons (Fsp3) is 0.364. The Kier molecular flexibility index (Phi) is 6.03. The molecule has 0 aliphatic carbocycles. The summed E-state index contributed by atoms with van der Waals surface area (Å²) in [4.78, 5) is 36.3. The second kappa shape index (κ2) is 7.74. The van der Waals surface area contributed by atoms with Crippen molar-refractivity contribution in [3.05, 3.63) is 16.2 Å². The summed E-state index contributed by atoms with van der Waals surface area (Å²) in [7, 11) is 1.39. The SMILES string of the molecule is COCNC(=O)[C@H](C)Nc1cc(NC(=O)O)nc(N)c1[N+](=O)[O-]. The lowest BCUT2D eigenvalue weighted by atomic mass is 10.2. The van der Waals surface area contributed by atoms with Gasteiger partial charge in [0.15, 0.2) is 0 Å². The highest BCUT2D eigenvalue weighted by molar-refractivity contribution is 5.88. The Morgan fingerprint density at radius 3 is 2.74 bits per heavy atom. The summed E-state index contributed by atoms with van der Waals surface area (Å²) < 4.78 is 4.68. The number of nitrogens with two attached hydrogens (primary N) is 1. The second-order valence-electron chi connectivity index (χ2n) is 4.32. The number of hydrogen-bond donors (Lipinski definition) is 5. The zero-order chi connectivity index (χ0) is 17.6. The maximum atomic E-state index is 11.8. The molecule has 0 bridgehead atoms. The minimum absolute atomic E-state index is 0.0305. The van der Waals surface area contributed by atoms with Gasteiger partial charge in [-0.1, -0.05) is 0 Å². The maximum absolute atomic E-state index is 11.8. The maximum Gasteiger partial charge on any atom is 0.410 e. The number of rotatable bonds is 7. The van der Waals surface area contributed by atoms with Gasteiger partial charge >= 0.3 is 11.8 Å². The van der Waals surface area contributed by atoms with Gasteiger partial charge < -0.3 is 26.2 Å². The minimum atomic E-state index is -1.41. The highest BCUT2D eigenvalue weighted by Crippen LogP contribution is 2.32. The fourth-order valence-corrected chi connectivity index (χ4v) is 1.63. The average Bonchev–Trinajstić information content (AvgIpc) is 2.42. The fourth-order valence-electron chi connectivity index (χ4n) is 1.63. The molecule has 0 aliphatic rings. The number of carbonyl (C=O) groups excluding carboxylic acids is 1. The first-order valence-corrected chi connectivity index (χ1v) is 6.24. The lowest BCUT2D eigenvalue weighted by molar-refractivity contribution is -0.383. The van der Waals surface area contributed by atoms with Crippen molar-refractivity contribution in [2.75, 3.05) is 30.2 Å². The van der Waals surface area contributed by atoms with E-state index in [1.165, 1.54) is 14.0 Å². The summed E-state index contributed by atoms with van der Waals surface area (Å²) in [5, 5.41) is 26.7. The Labute approximate surface area is 130 Å². The Balaban J connectivity index is 3.10. The van der Waals surface area contributed by atoms with Gasteiger partial charge in [0.25, 0.3) is 0 Å². The predicted molar refractivity (Wildman–Crippen MR) is 80.1 cm³/mol. The Morgan fingerprint density at radius 1 is 1.57 bits per heavy atom. The van der Waals surface area contributed by atoms with Gasteiger partial charge in [0.1, 0.15) is 24.3 Å². The molecular weight excluding hydrogens is 312 g/mol. The summed E-state index contributed by atoms with van der Waals surface area (Å²) in [6.07, 6.45) is -1.41. The van der Waals surface area contributed by atoms with Crippen LogP contribution in [0, 0.1) is 10.1 Å². The number of nitro groups is 1. The molecule has 1 atom stereocenters. The van der Waals surface area contributed by atoms with E-state index in [0.717, 1.165) is 6.07 Å². The Hall–Kier alpha value is -3.15. The predicted octanol–water partition coefficient (Wildman–Crippen LogP) is 0.182. The lowest BCUT2D eigenvalue weighted by Crippen LogP contribution is -2.38. The average molecular weight is 328 g/mol. The van der Waals surface area contributed by atoms with E-state index in [4.69, 9.17) is 10.8 Å². The first-order valence-electron chi connectivity index (χ1n) is 6.24. The number of methoxy groups -OCH3 is 1. The number of anilines is 3. The lowest BCUT2D eigenvalue weighted by Gasteiger charge is -2.16. The Morgan fingerprint density at radius 2 is 2.22 bits per heavy atom. The summed E-state index contributed by atoms with van der Waals surface area (Å²) >= 11 is 0. The molecule has 0 saturated heterocycles. The molecule has 12 heteroatoms. The van der Waals surface area contributed by atoms with Crippen molar-refractivity contribution in [3.63, 3.8) is 0 Å². The summed E-state index contributed by atoms with van der Waals surface area (Å²) in [6, 6.07) is 0.200. The quantitative estimate of drug-likeness (QED) is 0.265. The molecule has 6 N–H and O–H groups in total. The van der Waals surface area contributed by atoms with Crippen molar-refractivity contribution < 1.29 is 24.4 Å². The molecule has 0 aromatic carbocycles. The first kappa shape index (κ1) is 17.9. The number of amides is 2. The van der Waals surface area contributed by atoms with Crippen LogP contribution < -0.4 is 21.7 Å². The van der Waals surface area contributed by atoms with Gasteiger partial charge in [0, 0.05) is 13.2 Å². The number of nitrogens with one attached hydrogen (secondary N) is 3. The molecule has 23 heavy (non-hydrogen) atoms. The van der Waals surface area contributed by atoms with Gasteiger partial charge in [-0.25, -0.2) is 9.78 Å². The molecule has 1 aromatic rings. The third-order valence-corrected chi connectivity index (χ3v) is 2.59. The van der Waals surface area contributed by atoms with Crippen LogP contribution in [-0.4, -0.2) is 46.9 Å². The molecule has 126 valence electrons. The van der Waals surface area contributed by atoms with Crippen LogP contribution in [0.15, 0.2) is 6.07 Å². The zero-order valence-electron chi connectivity index (χ0n) is 12.3. The van der Waals surface area contributed by atoms with E-state index >= 15 is 0 Å². The molecular formula is C11H16N6O6. The molecule has 0 aliphatic heterocycles. The standard InChI is InChI=1S/C11H16N6O6/c1-5(10(18)13-4-23-2)14-6-3-7(16-11(19)20)15-9(12)8(6)17(21)22/h3,5H,4H2,1-2H3,(H,13,18)(H,19,20)(H4,12,14,15,16)/t5-/m0/s1. The second-order valence-corrected chi connectivity index (χ2v) is 4.32. The van der Waals surface area contributed by atoms with Crippen LogP contribution in [0.5, 0.6) is 0 Å².